The molecule has 4 nitrogen and oxygen atoms in total. The maximum absolute atomic E-state index is 12.2. The van der Waals surface area contributed by atoms with E-state index in [0.29, 0.717) is 13.2 Å². The number of nitrogens with one attached hydrogen (secondary N) is 1. The Kier molecular flexibility index (Phi) is 4.33. The number of rotatable bonds is 4. The van der Waals surface area contributed by atoms with Gasteiger partial charge in [-0.1, -0.05) is 24.3 Å². The van der Waals surface area contributed by atoms with Crippen molar-refractivity contribution in [3.63, 3.8) is 0 Å². The summed E-state index contributed by atoms with van der Waals surface area (Å²) in [5, 5.41) is 3.30. The fraction of sp³-hybridized carbons (Fsp3) is 0.500. The van der Waals surface area contributed by atoms with Crippen molar-refractivity contribution < 1.29 is 9.53 Å². The number of ether oxygens (including phenoxy) is 1. The Morgan fingerprint density at radius 3 is 2.89 bits per heavy atom. The van der Waals surface area contributed by atoms with Crippen LogP contribution in [0.1, 0.15) is 11.1 Å². The standard InChI is InChI=1S/C14H20N2O2/c1-16(7-8-18-2)14(17)13-9-11-5-3-4-6-12(11)10-15-13/h3-6,13,15H,7-10H2,1-2H3/t13-/m0/s1. The first-order chi connectivity index (χ1) is 8.72. The van der Waals surface area contributed by atoms with Crippen LogP contribution in [0.3, 0.4) is 0 Å². The zero-order valence-electron chi connectivity index (χ0n) is 11.0. The number of hydrogen-bond acceptors (Lipinski definition) is 3. The second-order valence-corrected chi connectivity index (χ2v) is 4.66. The number of carbonyl (C=O) groups is 1. The maximum atomic E-state index is 12.2. The third-order valence-electron chi connectivity index (χ3n) is 3.39. The van der Waals surface area contributed by atoms with E-state index in [0.717, 1.165) is 13.0 Å². The summed E-state index contributed by atoms with van der Waals surface area (Å²) < 4.78 is 4.99. The van der Waals surface area contributed by atoms with Gasteiger partial charge in [0.1, 0.15) is 0 Å². The minimum Gasteiger partial charge on any atom is -0.383 e. The van der Waals surface area contributed by atoms with Gasteiger partial charge in [0.25, 0.3) is 0 Å². The van der Waals surface area contributed by atoms with Crippen molar-refractivity contribution in [2.24, 2.45) is 0 Å². The highest BCUT2D eigenvalue weighted by atomic mass is 16.5. The van der Waals surface area contributed by atoms with Crippen LogP contribution in [0.2, 0.25) is 0 Å². The molecular weight excluding hydrogens is 228 g/mol. The summed E-state index contributed by atoms with van der Waals surface area (Å²) in [5.74, 6) is 0.140. The monoisotopic (exact) mass is 248 g/mol. The number of fused-ring (bicyclic) bond motifs is 1. The van der Waals surface area contributed by atoms with Gasteiger partial charge in [-0.25, -0.2) is 0 Å². The molecule has 1 N–H and O–H groups in total. The number of likely N-dealkylation sites (N-methyl/N-ethyl adjacent to an activating group) is 1. The van der Waals surface area contributed by atoms with E-state index in [1.54, 1.807) is 12.0 Å². The molecule has 2 rings (SSSR count). The van der Waals surface area contributed by atoms with Crippen molar-refractivity contribution in [2.75, 3.05) is 27.3 Å². The van der Waals surface area contributed by atoms with Crippen molar-refractivity contribution in [1.82, 2.24) is 10.2 Å². The van der Waals surface area contributed by atoms with Gasteiger partial charge in [-0.2, -0.15) is 0 Å². The van der Waals surface area contributed by atoms with Gasteiger partial charge < -0.3 is 15.0 Å². The molecule has 1 amide bonds. The largest absolute Gasteiger partial charge is 0.383 e. The molecule has 0 saturated heterocycles. The molecule has 1 heterocycles. The zero-order valence-corrected chi connectivity index (χ0v) is 11.0. The lowest BCUT2D eigenvalue weighted by molar-refractivity contribution is -0.132. The lowest BCUT2D eigenvalue weighted by Crippen LogP contribution is -2.48. The third kappa shape index (κ3) is 2.89. The Hall–Kier alpha value is -1.39. The van der Waals surface area contributed by atoms with Crippen molar-refractivity contribution >= 4 is 5.91 Å². The zero-order chi connectivity index (χ0) is 13.0. The van der Waals surface area contributed by atoms with E-state index in [-0.39, 0.29) is 11.9 Å². The number of carbonyl (C=O) groups excluding carboxylic acids is 1. The molecule has 18 heavy (non-hydrogen) atoms. The summed E-state index contributed by atoms with van der Waals surface area (Å²) in [7, 11) is 3.47. The fourth-order valence-corrected chi connectivity index (χ4v) is 2.23. The van der Waals surface area contributed by atoms with Gasteiger partial charge in [0.15, 0.2) is 0 Å². The van der Waals surface area contributed by atoms with Crippen LogP contribution in [0.4, 0.5) is 0 Å². The van der Waals surface area contributed by atoms with E-state index < -0.39 is 0 Å². The van der Waals surface area contributed by atoms with Crippen LogP contribution < -0.4 is 5.32 Å². The van der Waals surface area contributed by atoms with Gasteiger partial charge in [-0.15, -0.1) is 0 Å². The Morgan fingerprint density at radius 2 is 2.17 bits per heavy atom. The Bertz CT molecular complexity index is 420. The highest BCUT2D eigenvalue weighted by molar-refractivity contribution is 5.82. The molecule has 1 aliphatic rings. The van der Waals surface area contributed by atoms with Crippen LogP contribution in [0, 0.1) is 0 Å². The summed E-state index contributed by atoms with van der Waals surface area (Å²) in [4.78, 5) is 14.0. The topological polar surface area (TPSA) is 41.6 Å². The predicted molar refractivity (Wildman–Crippen MR) is 70.3 cm³/mol. The van der Waals surface area contributed by atoms with Gasteiger partial charge in [0, 0.05) is 27.2 Å². The van der Waals surface area contributed by atoms with Crippen molar-refractivity contribution in [3.8, 4) is 0 Å². The van der Waals surface area contributed by atoms with Crippen LogP contribution in [0.15, 0.2) is 24.3 Å². The summed E-state index contributed by atoms with van der Waals surface area (Å²) in [6, 6.07) is 8.17. The smallest absolute Gasteiger partial charge is 0.239 e. The first kappa shape index (κ1) is 13.1. The summed E-state index contributed by atoms with van der Waals surface area (Å²) >= 11 is 0. The second kappa shape index (κ2) is 5.98. The molecule has 1 aromatic carbocycles. The summed E-state index contributed by atoms with van der Waals surface area (Å²) in [6.45, 7) is 1.98. The number of nitrogens with zero attached hydrogens (tertiary/aromatic N) is 1. The first-order valence-electron chi connectivity index (χ1n) is 6.26. The highest BCUT2D eigenvalue weighted by Crippen LogP contribution is 2.17. The van der Waals surface area contributed by atoms with Gasteiger partial charge >= 0.3 is 0 Å². The van der Waals surface area contributed by atoms with Crippen molar-refractivity contribution in [1.29, 1.82) is 0 Å². The molecule has 0 spiro atoms. The van der Waals surface area contributed by atoms with Crippen LogP contribution in [-0.2, 0) is 22.5 Å². The third-order valence-corrected chi connectivity index (χ3v) is 3.39. The van der Waals surface area contributed by atoms with Gasteiger partial charge in [-0.05, 0) is 17.5 Å². The molecule has 98 valence electrons. The SMILES string of the molecule is COCCN(C)C(=O)[C@@H]1Cc2ccccc2CN1. The van der Waals surface area contributed by atoms with E-state index in [2.05, 4.69) is 17.4 Å². The lowest BCUT2D eigenvalue weighted by atomic mass is 9.95. The van der Waals surface area contributed by atoms with E-state index in [1.165, 1.54) is 11.1 Å². The van der Waals surface area contributed by atoms with Crippen molar-refractivity contribution in [2.45, 2.75) is 19.0 Å². The molecule has 4 heteroatoms. The molecular formula is C14H20N2O2. The van der Waals surface area contributed by atoms with E-state index in [9.17, 15) is 4.79 Å². The van der Waals surface area contributed by atoms with E-state index >= 15 is 0 Å². The van der Waals surface area contributed by atoms with E-state index in [1.807, 2.05) is 19.2 Å². The van der Waals surface area contributed by atoms with Crippen LogP contribution in [0.25, 0.3) is 0 Å². The molecule has 0 fully saturated rings. The Morgan fingerprint density at radius 1 is 1.44 bits per heavy atom. The van der Waals surface area contributed by atoms with Gasteiger partial charge in [0.05, 0.1) is 12.6 Å². The minimum absolute atomic E-state index is 0.109. The lowest BCUT2D eigenvalue weighted by Gasteiger charge is -2.28. The van der Waals surface area contributed by atoms with Crippen LogP contribution in [0.5, 0.6) is 0 Å². The average molecular weight is 248 g/mol. The molecule has 0 radical (unpaired) electrons. The predicted octanol–water partition coefficient (Wildman–Crippen LogP) is 0.806. The molecule has 1 aromatic rings. The van der Waals surface area contributed by atoms with E-state index in [4.69, 9.17) is 4.74 Å². The molecule has 0 unspecified atom stereocenters. The minimum atomic E-state index is -0.109. The molecule has 0 bridgehead atoms. The summed E-state index contributed by atoms with van der Waals surface area (Å²) in [5.41, 5.74) is 2.57. The molecule has 1 aliphatic heterocycles. The maximum Gasteiger partial charge on any atom is 0.239 e. The van der Waals surface area contributed by atoms with Gasteiger partial charge in [0.2, 0.25) is 5.91 Å². The number of hydrogen-bond donors (Lipinski definition) is 1. The normalized spacial score (nSPS) is 18.2. The van der Waals surface area contributed by atoms with Crippen LogP contribution >= 0.6 is 0 Å². The molecule has 0 aromatic heterocycles. The second-order valence-electron chi connectivity index (χ2n) is 4.66. The molecule has 1 atom stereocenters. The number of methoxy groups -OCH3 is 1. The quantitative estimate of drug-likeness (QED) is 0.857. The number of amides is 1. The molecule has 0 saturated carbocycles. The Labute approximate surface area is 108 Å². The summed E-state index contributed by atoms with van der Waals surface area (Å²) in [6.07, 6.45) is 0.770. The first-order valence-corrected chi connectivity index (χ1v) is 6.26. The average Bonchev–Trinajstić information content (AvgIpc) is 2.43. The fourth-order valence-electron chi connectivity index (χ4n) is 2.23. The van der Waals surface area contributed by atoms with Crippen molar-refractivity contribution in [3.05, 3.63) is 35.4 Å². The number of benzene rings is 1. The Balaban J connectivity index is 1.98. The van der Waals surface area contributed by atoms with Gasteiger partial charge in [-0.3, -0.25) is 4.79 Å². The molecule has 0 aliphatic carbocycles. The van der Waals surface area contributed by atoms with Crippen LogP contribution in [-0.4, -0.2) is 44.2 Å². The highest BCUT2D eigenvalue weighted by Gasteiger charge is 2.25.